The molecule has 4 nitrogen and oxygen atoms in total. The Balaban J connectivity index is 2.04. The zero-order valence-corrected chi connectivity index (χ0v) is 14.4. The molecule has 5 heteroatoms. The summed E-state index contributed by atoms with van der Waals surface area (Å²) in [6, 6.07) is 12.7. The van der Waals surface area contributed by atoms with Crippen LogP contribution in [0.5, 0.6) is 5.75 Å². The lowest BCUT2D eigenvalue weighted by Crippen LogP contribution is -2.35. The number of anilines is 1. The van der Waals surface area contributed by atoms with Crippen molar-refractivity contribution >= 4 is 15.7 Å². The molecule has 1 atom stereocenters. The number of nitrogens with zero attached hydrogens (tertiary/aromatic N) is 1. The second kappa shape index (κ2) is 5.89. The third kappa shape index (κ3) is 2.70. The molecule has 0 fully saturated rings. The summed E-state index contributed by atoms with van der Waals surface area (Å²) >= 11 is 0. The Morgan fingerprint density at radius 3 is 2.65 bits per heavy atom. The molecule has 0 amide bonds. The van der Waals surface area contributed by atoms with Crippen molar-refractivity contribution in [2.45, 2.75) is 38.1 Å². The molecule has 1 aliphatic rings. The third-order valence-electron chi connectivity index (χ3n) is 4.15. The molecule has 0 aromatic heterocycles. The van der Waals surface area contributed by atoms with E-state index in [1.165, 1.54) is 4.31 Å². The molecule has 2 aromatic rings. The van der Waals surface area contributed by atoms with E-state index in [9.17, 15) is 8.42 Å². The van der Waals surface area contributed by atoms with Gasteiger partial charge >= 0.3 is 0 Å². The molecule has 0 radical (unpaired) electrons. The molecule has 122 valence electrons. The third-order valence-corrected chi connectivity index (χ3v) is 6.07. The van der Waals surface area contributed by atoms with Crippen LogP contribution >= 0.6 is 0 Å². The van der Waals surface area contributed by atoms with Gasteiger partial charge in [-0.2, -0.15) is 0 Å². The van der Waals surface area contributed by atoms with Crippen LogP contribution in [-0.2, 0) is 16.4 Å². The molecule has 2 aromatic carbocycles. The molecule has 1 aliphatic heterocycles. The van der Waals surface area contributed by atoms with Crippen molar-refractivity contribution < 1.29 is 13.2 Å². The second-order valence-corrected chi connectivity index (χ2v) is 7.66. The Labute approximate surface area is 137 Å². The topological polar surface area (TPSA) is 46.6 Å². The highest BCUT2D eigenvalue weighted by Crippen LogP contribution is 2.37. The summed E-state index contributed by atoms with van der Waals surface area (Å²) in [5.74, 6) is 0.723. The van der Waals surface area contributed by atoms with E-state index >= 15 is 0 Å². The van der Waals surface area contributed by atoms with Gasteiger partial charge in [0.05, 0.1) is 17.2 Å². The van der Waals surface area contributed by atoms with Crippen LogP contribution in [0.15, 0.2) is 47.4 Å². The highest BCUT2D eigenvalue weighted by molar-refractivity contribution is 7.92. The van der Waals surface area contributed by atoms with Crippen LogP contribution in [0.3, 0.4) is 0 Å². The van der Waals surface area contributed by atoms with Gasteiger partial charge in [0.25, 0.3) is 10.0 Å². The van der Waals surface area contributed by atoms with Crippen LogP contribution in [0.4, 0.5) is 5.69 Å². The van der Waals surface area contributed by atoms with Gasteiger partial charge in [-0.15, -0.1) is 0 Å². The van der Waals surface area contributed by atoms with Crippen molar-refractivity contribution in [3.63, 3.8) is 0 Å². The van der Waals surface area contributed by atoms with Crippen molar-refractivity contribution in [3.8, 4) is 5.75 Å². The summed E-state index contributed by atoms with van der Waals surface area (Å²) in [7, 11) is -3.58. The summed E-state index contributed by atoms with van der Waals surface area (Å²) in [6.07, 6.45) is 0.741. The summed E-state index contributed by atoms with van der Waals surface area (Å²) < 4.78 is 33.3. The highest BCUT2D eigenvalue weighted by Gasteiger charge is 2.35. The predicted molar refractivity (Wildman–Crippen MR) is 91.6 cm³/mol. The van der Waals surface area contributed by atoms with Gasteiger partial charge in [0.15, 0.2) is 0 Å². The summed E-state index contributed by atoms with van der Waals surface area (Å²) in [5, 5.41) is 0. The van der Waals surface area contributed by atoms with Crippen LogP contribution in [0, 0.1) is 6.92 Å². The molecule has 1 unspecified atom stereocenters. The standard InChI is InChI=1S/C18H21NO3S/c1-4-22-18-10-9-16(11-13(18)2)23(20,21)19-14(3)12-15-7-5-6-8-17(15)19/h5-11,14H,4,12H2,1-3H3. The van der Waals surface area contributed by atoms with Gasteiger partial charge in [0, 0.05) is 6.04 Å². The maximum absolute atomic E-state index is 13.1. The lowest BCUT2D eigenvalue weighted by molar-refractivity contribution is 0.337. The smallest absolute Gasteiger partial charge is 0.264 e. The van der Waals surface area contributed by atoms with Crippen LogP contribution in [-0.4, -0.2) is 21.1 Å². The summed E-state index contributed by atoms with van der Waals surface area (Å²) in [6.45, 7) is 6.28. The first-order valence-corrected chi connectivity index (χ1v) is 9.25. The molecular formula is C18H21NO3S. The van der Waals surface area contributed by atoms with Crippen LogP contribution < -0.4 is 9.04 Å². The number of fused-ring (bicyclic) bond motifs is 1. The number of ether oxygens (including phenoxy) is 1. The Bertz CT molecular complexity index is 830. The van der Waals surface area contributed by atoms with Gasteiger partial charge in [-0.1, -0.05) is 18.2 Å². The first-order chi connectivity index (χ1) is 10.9. The summed E-state index contributed by atoms with van der Waals surface area (Å²) in [4.78, 5) is 0.307. The number of hydrogen-bond donors (Lipinski definition) is 0. The first-order valence-electron chi connectivity index (χ1n) is 7.81. The molecule has 0 N–H and O–H groups in total. The van der Waals surface area contributed by atoms with Crippen LogP contribution in [0.1, 0.15) is 25.0 Å². The van der Waals surface area contributed by atoms with E-state index in [1.54, 1.807) is 18.2 Å². The molecule has 3 rings (SSSR count). The number of para-hydroxylation sites is 1. The second-order valence-electron chi connectivity index (χ2n) is 5.84. The van der Waals surface area contributed by atoms with Gasteiger partial charge in [0.1, 0.15) is 5.75 Å². The lowest BCUT2D eigenvalue weighted by Gasteiger charge is -2.24. The normalized spacial score (nSPS) is 17.2. The van der Waals surface area contributed by atoms with Crippen molar-refractivity contribution in [2.75, 3.05) is 10.9 Å². The largest absolute Gasteiger partial charge is 0.494 e. The average Bonchev–Trinajstić information content (AvgIpc) is 2.85. The molecular weight excluding hydrogens is 310 g/mol. The minimum atomic E-state index is -3.58. The lowest BCUT2D eigenvalue weighted by atomic mass is 10.1. The fraction of sp³-hybridized carbons (Fsp3) is 0.333. The Hall–Kier alpha value is -2.01. The van der Waals surface area contributed by atoms with E-state index in [0.717, 1.165) is 29.0 Å². The average molecular weight is 331 g/mol. The van der Waals surface area contributed by atoms with Gasteiger partial charge in [0.2, 0.25) is 0 Å². The summed E-state index contributed by atoms with van der Waals surface area (Å²) in [5.41, 5.74) is 2.69. The van der Waals surface area contributed by atoms with E-state index < -0.39 is 10.0 Å². The molecule has 0 bridgehead atoms. The SMILES string of the molecule is CCOc1ccc(S(=O)(=O)N2c3ccccc3CC2C)cc1C. The zero-order valence-electron chi connectivity index (χ0n) is 13.6. The van der Waals surface area contributed by atoms with Crippen molar-refractivity contribution in [1.82, 2.24) is 0 Å². The quantitative estimate of drug-likeness (QED) is 0.861. The number of sulfonamides is 1. The van der Waals surface area contributed by atoms with E-state index in [-0.39, 0.29) is 6.04 Å². The number of rotatable bonds is 4. The number of benzene rings is 2. The van der Waals surface area contributed by atoms with Gasteiger partial charge < -0.3 is 4.74 Å². The maximum Gasteiger partial charge on any atom is 0.264 e. The molecule has 23 heavy (non-hydrogen) atoms. The monoisotopic (exact) mass is 331 g/mol. The fourth-order valence-electron chi connectivity index (χ4n) is 3.12. The predicted octanol–water partition coefficient (Wildman–Crippen LogP) is 3.53. The van der Waals surface area contributed by atoms with Gasteiger partial charge in [-0.3, -0.25) is 4.31 Å². The molecule has 0 spiro atoms. The van der Waals surface area contributed by atoms with Crippen molar-refractivity contribution in [2.24, 2.45) is 0 Å². The highest BCUT2D eigenvalue weighted by atomic mass is 32.2. The zero-order chi connectivity index (χ0) is 16.6. The van der Waals surface area contributed by atoms with E-state index in [2.05, 4.69) is 0 Å². The Morgan fingerprint density at radius 2 is 1.96 bits per heavy atom. The molecule has 0 saturated heterocycles. The minimum absolute atomic E-state index is 0.0794. The van der Waals surface area contributed by atoms with Crippen LogP contribution in [0.2, 0.25) is 0 Å². The number of aryl methyl sites for hydroxylation is 1. The van der Waals surface area contributed by atoms with Gasteiger partial charge in [-0.05, 0) is 62.6 Å². The van der Waals surface area contributed by atoms with E-state index in [1.807, 2.05) is 45.0 Å². The van der Waals surface area contributed by atoms with Crippen molar-refractivity contribution in [3.05, 3.63) is 53.6 Å². The van der Waals surface area contributed by atoms with E-state index in [4.69, 9.17) is 4.74 Å². The maximum atomic E-state index is 13.1. The molecule has 1 heterocycles. The fourth-order valence-corrected chi connectivity index (χ4v) is 4.90. The number of hydrogen-bond acceptors (Lipinski definition) is 3. The van der Waals surface area contributed by atoms with Crippen molar-refractivity contribution in [1.29, 1.82) is 0 Å². The minimum Gasteiger partial charge on any atom is -0.494 e. The molecule has 0 saturated carbocycles. The first kappa shape index (κ1) is 15.9. The Morgan fingerprint density at radius 1 is 1.22 bits per heavy atom. The molecule has 0 aliphatic carbocycles. The van der Waals surface area contributed by atoms with E-state index in [0.29, 0.717) is 11.5 Å². The van der Waals surface area contributed by atoms with Gasteiger partial charge in [-0.25, -0.2) is 8.42 Å². The van der Waals surface area contributed by atoms with Crippen LogP contribution in [0.25, 0.3) is 0 Å². The Kier molecular flexibility index (Phi) is 4.06.